The lowest BCUT2D eigenvalue weighted by atomic mass is 10.1. The van der Waals surface area contributed by atoms with Crippen molar-refractivity contribution in [2.45, 2.75) is 25.8 Å². The van der Waals surface area contributed by atoms with Crippen LogP contribution in [-0.4, -0.2) is 53.4 Å². The molecule has 0 N–H and O–H groups in total. The van der Waals surface area contributed by atoms with Gasteiger partial charge in [0.05, 0.1) is 11.8 Å². The number of nitrogens with zero attached hydrogens (tertiary/aromatic N) is 3. The Morgan fingerprint density at radius 3 is 3.00 bits per heavy atom. The van der Waals surface area contributed by atoms with E-state index >= 15 is 0 Å². The normalized spacial score (nSPS) is 21.2. The zero-order valence-electron chi connectivity index (χ0n) is 11.5. The molecule has 0 bridgehead atoms. The van der Waals surface area contributed by atoms with Gasteiger partial charge in [-0.25, -0.2) is 4.39 Å². The number of amides is 1. The Morgan fingerprint density at radius 2 is 2.32 bits per heavy atom. The predicted octanol–water partition coefficient (Wildman–Crippen LogP) is 1.78. The summed E-state index contributed by atoms with van der Waals surface area (Å²) in [5.74, 6) is -0.762. The van der Waals surface area contributed by atoms with Crippen LogP contribution in [0.15, 0.2) is 18.5 Å². The smallest absolute Gasteiger partial charge is 0.257 e. The molecule has 2 rings (SSSR count). The van der Waals surface area contributed by atoms with E-state index in [4.69, 9.17) is 0 Å². The van der Waals surface area contributed by atoms with Gasteiger partial charge in [-0.1, -0.05) is 6.92 Å². The molecule has 104 valence electrons. The molecule has 1 fully saturated rings. The maximum absolute atomic E-state index is 13.7. The molecule has 1 amide bonds. The maximum Gasteiger partial charge on any atom is 0.257 e. The highest BCUT2D eigenvalue weighted by molar-refractivity contribution is 5.94. The minimum Gasteiger partial charge on any atom is -0.334 e. The highest BCUT2D eigenvalue weighted by Gasteiger charge is 2.28. The van der Waals surface area contributed by atoms with Gasteiger partial charge in [-0.05, 0) is 32.5 Å². The third kappa shape index (κ3) is 3.10. The zero-order valence-corrected chi connectivity index (χ0v) is 11.5. The third-order valence-corrected chi connectivity index (χ3v) is 3.64. The fourth-order valence-corrected chi connectivity index (χ4v) is 2.56. The number of halogens is 1. The summed E-state index contributed by atoms with van der Waals surface area (Å²) < 4.78 is 13.7. The summed E-state index contributed by atoms with van der Waals surface area (Å²) in [6, 6.07) is 1.60. The lowest BCUT2D eigenvalue weighted by Crippen LogP contribution is -2.43. The van der Waals surface area contributed by atoms with E-state index < -0.39 is 5.82 Å². The van der Waals surface area contributed by atoms with E-state index in [1.807, 2.05) is 4.90 Å². The Hall–Kier alpha value is -1.49. The molecule has 0 radical (unpaired) electrons. The van der Waals surface area contributed by atoms with E-state index in [9.17, 15) is 9.18 Å². The van der Waals surface area contributed by atoms with Gasteiger partial charge in [0.1, 0.15) is 0 Å². The standard InChI is InChI=1S/C14H20FN3O/c1-3-11-10-17(2)7-4-8-18(11)14(19)12-5-6-16-9-13(12)15/h5-6,9,11H,3-4,7-8,10H2,1-2H3. The molecule has 1 aromatic heterocycles. The van der Waals surface area contributed by atoms with Gasteiger partial charge in [0.2, 0.25) is 0 Å². The molecule has 1 unspecified atom stereocenters. The molecule has 1 atom stereocenters. The van der Waals surface area contributed by atoms with Crippen LogP contribution in [-0.2, 0) is 0 Å². The molecule has 1 aromatic rings. The number of carbonyl (C=O) groups is 1. The number of likely N-dealkylation sites (N-methyl/N-ethyl adjacent to an activating group) is 1. The number of aromatic nitrogens is 1. The SMILES string of the molecule is CCC1CN(C)CCCN1C(=O)c1ccncc1F. The van der Waals surface area contributed by atoms with Gasteiger partial charge in [0.25, 0.3) is 5.91 Å². The highest BCUT2D eigenvalue weighted by Crippen LogP contribution is 2.17. The van der Waals surface area contributed by atoms with Crippen LogP contribution in [0.25, 0.3) is 0 Å². The van der Waals surface area contributed by atoms with Crippen molar-refractivity contribution in [1.29, 1.82) is 0 Å². The van der Waals surface area contributed by atoms with Gasteiger partial charge in [-0.3, -0.25) is 9.78 Å². The van der Waals surface area contributed by atoms with E-state index in [-0.39, 0.29) is 17.5 Å². The Morgan fingerprint density at radius 1 is 1.53 bits per heavy atom. The lowest BCUT2D eigenvalue weighted by molar-refractivity contribution is 0.0670. The highest BCUT2D eigenvalue weighted by atomic mass is 19.1. The molecule has 0 aromatic carbocycles. The van der Waals surface area contributed by atoms with Crippen LogP contribution in [0, 0.1) is 5.82 Å². The average Bonchev–Trinajstić information content (AvgIpc) is 2.60. The van der Waals surface area contributed by atoms with Crippen LogP contribution in [0.3, 0.4) is 0 Å². The van der Waals surface area contributed by atoms with E-state index in [0.29, 0.717) is 6.54 Å². The van der Waals surface area contributed by atoms with Crippen LogP contribution >= 0.6 is 0 Å². The molecule has 5 heteroatoms. The fraction of sp³-hybridized carbons (Fsp3) is 0.571. The number of hydrogen-bond donors (Lipinski definition) is 0. The van der Waals surface area contributed by atoms with E-state index in [1.54, 1.807) is 0 Å². The summed E-state index contributed by atoms with van der Waals surface area (Å²) in [4.78, 5) is 20.2. The first-order valence-electron chi connectivity index (χ1n) is 6.72. The van der Waals surface area contributed by atoms with Gasteiger partial charge >= 0.3 is 0 Å². The molecular formula is C14H20FN3O. The molecule has 0 saturated carbocycles. The van der Waals surface area contributed by atoms with Crippen LogP contribution in [0.2, 0.25) is 0 Å². The zero-order chi connectivity index (χ0) is 13.8. The Labute approximate surface area is 113 Å². The summed E-state index contributed by atoms with van der Waals surface area (Å²) in [6.07, 6.45) is 4.35. The van der Waals surface area contributed by atoms with Gasteiger partial charge in [-0.15, -0.1) is 0 Å². The van der Waals surface area contributed by atoms with Crippen LogP contribution in [0.4, 0.5) is 4.39 Å². The second-order valence-corrected chi connectivity index (χ2v) is 5.03. The maximum atomic E-state index is 13.7. The van der Waals surface area contributed by atoms with Gasteiger partial charge in [-0.2, -0.15) is 0 Å². The first kappa shape index (κ1) is 13.9. The molecule has 1 aliphatic heterocycles. The van der Waals surface area contributed by atoms with Gasteiger partial charge in [0, 0.05) is 25.3 Å². The van der Waals surface area contributed by atoms with Crippen molar-refractivity contribution in [2.24, 2.45) is 0 Å². The van der Waals surface area contributed by atoms with Gasteiger partial charge < -0.3 is 9.80 Å². The molecule has 1 aliphatic rings. The Bertz CT molecular complexity index is 452. The predicted molar refractivity (Wildman–Crippen MR) is 71.4 cm³/mol. The van der Waals surface area contributed by atoms with Crippen molar-refractivity contribution in [3.05, 3.63) is 29.8 Å². The summed E-state index contributed by atoms with van der Waals surface area (Å²) in [7, 11) is 2.06. The number of carbonyl (C=O) groups excluding carboxylic acids is 1. The fourth-order valence-electron chi connectivity index (χ4n) is 2.56. The summed E-state index contributed by atoms with van der Waals surface area (Å²) in [5, 5.41) is 0. The van der Waals surface area contributed by atoms with Crippen LogP contribution in [0.1, 0.15) is 30.1 Å². The Kier molecular flexibility index (Phi) is 4.47. The number of hydrogen-bond acceptors (Lipinski definition) is 3. The van der Waals surface area contributed by atoms with Crippen molar-refractivity contribution >= 4 is 5.91 Å². The first-order chi connectivity index (χ1) is 9.13. The molecule has 0 spiro atoms. The van der Waals surface area contributed by atoms with Crippen LogP contribution < -0.4 is 0 Å². The van der Waals surface area contributed by atoms with Crippen LogP contribution in [0.5, 0.6) is 0 Å². The molecule has 4 nitrogen and oxygen atoms in total. The van der Waals surface area contributed by atoms with E-state index in [0.717, 1.165) is 32.1 Å². The quantitative estimate of drug-likeness (QED) is 0.818. The van der Waals surface area contributed by atoms with Crippen molar-refractivity contribution in [3.63, 3.8) is 0 Å². The van der Waals surface area contributed by atoms with Gasteiger partial charge in [0.15, 0.2) is 5.82 Å². The molecule has 2 heterocycles. The second kappa shape index (κ2) is 6.10. The first-order valence-corrected chi connectivity index (χ1v) is 6.72. The lowest BCUT2D eigenvalue weighted by Gasteiger charge is -2.30. The van der Waals surface area contributed by atoms with Crippen molar-refractivity contribution < 1.29 is 9.18 Å². The van der Waals surface area contributed by atoms with Crippen molar-refractivity contribution in [3.8, 4) is 0 Å². The Balaban J connectivity index is 2.23. The minimum atomic E-state index is -0.542. The molecule has 1 saturated heterocycles. The molecule has 0 aliphatic carbocycles. The number of rotatable bonds is 2. The topological polar surface area (TPSA) is 36.4 Å². The number of pyridine rings is 1. The minimum absolute atomic E-state index is 0.123. The summed E-state index contributed by atoms with van der Waals surface area (Å²) in [6.45, 7) is 4.56. The second-order valence-electron chi connectivity index (χ2n) is 5.03. The summed E-state index contributed by atoms with van der Waals surface area (Å²) >= 11 is 0. The van der Waals surface area contributed by atoms with Crippen molar-refractivity contribution in [1.82, 2.24) is 14.8 Å². The largest absolute Gasteiger partial charge is 0.334 e. The summed E-state index contributed by atoms with van der Waals surface area (Å²) in [5.41, 5.74) is 0.123. The van der Waals surface area contributed by atoms with E-state index in [1.165, 1.54) is 12.3 Å². The average molecular weight is 265 g/mol. The van der Waals surface area contributed by atoms with E-state index in [2.05, 4.69) is 23.9 Å². The molecular weight excluding hydrogens is 245 g/mol. The third-order valence-electron chi connectivity index (χ3n) is 3.64. The molecule has 19 heavy (non-hydrogen) atoms. The van der Waals surface area contributed by atoms with Crippen molar-refractivity contribution in [2.75, 3.05) is 26.7 Å². The monoisotopic (exact) mass is 265 g/mol.